The van der Waals surface area contributed by atoms with E-state index in [-0.39, 0.29) is 0 Å². The Morgan fingerprint density at radius 2 is 2.12 bits per heavy atom. The molecular weight excluding hydrogens is 304 g/mol. The quantitative estimate of drug-likeness (QED) is 0.946. The van der Waals surface area contributed by atoms with Crippen LogP contribution >= 0.6 is 27.3 Å². The highest BCUT2D eigenvalue weighted by molar-refractivity contribution is 9.11. The van der Waals surface area contributed by atoms with Crippen molar-refractivity contribution >= 4 is 27.3 Å². The van der Waals surface area contributed by atoms with Crippen LogP contribution in [0.5, 0.6) is 5.88 Å². The van der Waals surface area contributed by atoms with Gasteiger partial charge in [0.1, 0.15) is 11.8 Å². The predicted molar refractivity (Wildman–Crippen MR) is 69.4 cm³/mol. The van der Waals surface area contributed by atoms with Crippen molar-refractivity contribution in [1.82, 2.24) is 9.97 Å². The van der Waals surface area contributed by atoms with E-state index in [2.05, 4.69) is 25.9 Å². The summed E-state index contributed by atoms with van der Waals surface area (Å²) in [5, 5.41) is 10.2. The molecule has 0 bridgehead atoms. The number of thiophene rings is 1. The van der Waals surface area contributed by atoms with Gasteiger partial charge in [-0.25, -0.2) is 4.98 Å². The van der Waals surface area contributed by atoms with Crippen molar-refractivity contribution in [3.8, 4) is 5.88 Å². The number of ether oxygens (including phenoxy) is 1. The lowest BCUT2D eigenvalue weighted by molar-refractivity contribution is 0.211. The SMILES string of the molecule is COc1nccnc1C(O)c1cc(C)c(Br)s1. The van der Waals surface area contributed by atoms with Crippen LogP contribution in [0.1, 0.15) is 22.2 Å². The van der Waals surface area contributed by atoms with E-state index in [9.17, 15) is 5.11 Å². The highest BCUT2D eigenvalue weighted by atomic mass is 79.9. The summed E-state index contributed by atoms with van der Waals surface area (Å²) >= 11 is 4.91. The molecule has 90 valence electrons. The van der Waals surface area contributed by atoms with Gasteiger partial charge in [0, 0.05) is 17.3 Å². The van der Waals surface area contributed by atoms with E-state index in [1.54, 1.807) is 0 Å². The van der Waals surface area contributed by atoms with E-state index in [0.29, 0.717) is 11.6 Å². The average molecular weight is 315 g/mol. The molecule has 0 radical (unpaired) electrons. The van der Waals surface area contributed by atoms with E-state index in [0.717, 1.165) is 14.2 Å². The number of hydrogen-bond acceptors (Lipinski definition) is 5. The number of rotatable bonds is 3. The normalized spacial score (nSPS) is 12.5. The topological polar surface area (TPSA) is 55.2 Å². The summed E-state index contributed by atoms with van der Waals surface area (Å²) in [4.78, 5) is 8.95. The summed E-state index contributed by atoms with van der Waals surface area (Å²) in [7, 11) is 1.51. The molecule has 0 spiro atoms. The van der Waals surface area contributed by atoms with Crippen LogP contribution in [0, 0.1) is 6.92 Å². The number of aryl methyl sites for hydroxylation is 1. The molecule has 6 heteroatoms. The summed E-state index contributed by atoms with van der Waals surface area (Å²) < 4.78 is 6.09. The monoisotopic (exact) mass is 314 g/mol. The van der Waals surface area contributed by atoms with Crippen molar-refractivity contribution in [3.63, 3.8) is 0 Å². The highest BCUT2D eigenvalue weighted by Gasteiger charge is 2.20. The fourth-order valence-corrected chi connectivity index (χ4v) is 2.99. The van der Waals surface area contributed by atoms with Crippen molar-refractivity contribution in [2.75, 3.05) is 7.11 Å². The molecule has 0 saturated carbocycles. The van der Waals surface area contributed by atoms with Crippen LogP contribution in [0.2, 0.25) is 0 Å². The van der Waals surface area contributed by atoms with Crippen LogP contribution in [0.4, 0.5) is 0 Å². The molecule has 4 nitrogen and oxygen atoms in total. The Labute approximate surface area is 111 Å². The third-order valence-corrected chi connectivity index (χ3v) is 4.48. The smallest absolute Gasteiger partial charge is 0.238 e. The number of nitrogens with zero attached hydrogens (tertiary/aromatic N) is 2. The second kappa shape index (κ2) is 5.12. The van der Waals surface area contributed by atoms with Crippen molar-refractivity contribution in [2.45, 2.75) is 13.0 Å². The van der Waals surface area contributed by atoms with E-state index >= 15 is 0 Å². The molecule has 2 heterocycles. The largest absolute Gasteiger partial charge is 0.480 e. The van der Waals surface area contributed by atoms with Gasteiger partial charge in [0.15, 0.2) is 0 Å². The molecule has 0 aliphatic carbocycles. The molecule has 17 heavy (non-hydrogen) atoms. The summed E-state index contributed by atoms with van der Waals surface area (Å²) in [6.07, 6.45) is 2.26. The van der Waals surface area contributed by atoms with Crippen LogP contribution in [0.3, 0.4) is 0 Å². The summed E-state index contributed by atoms with van der Waals surface area (Å²) in [5.74, 6) is 0.349. The minimum atomic E-state index is -0.811. The van der Waals surface area contributed by atoms with Crippen LogP contribution < -0.4 is 4.74 Å². The lowest BCUT2D eigenvalue weighted by Crippen LogP contribution is -2.04. The lowest BCUT2D eigenvalue weighted by atomic mass is 10.2. The lowest BCUT2D eigenvalue weighted by Gasteiger charge is -2.10. The maximum atomic E-state index is 10.2. The summed E-state index contributed by atoms with van der Waals surface area (Å²) in [5.41, 5.74) is 1.52. The Kier molecular flexibility index (Phi) is 3.76. The zero-order valence-electron chi connectivity index (χ0n) is 9.35. The molecule has 0 amide bonds. The number of aromatic nitrogens is 2. The van der Waals surface area contributed by atoms with E-state index in [1.165, 1.54) is 30.8 Å². The van der Waals surface area contributed by atoms with Gasteiger partial charge in [0.2, 0.25) is 5.88 Å². The second-order valence-corrected chi connectivity index (χ2v) is 5.86. The molecule has 0 aromatic carbocycles. The Bertz CT molecular complexity index is 510. The molecule has 1 atom stereocenters. The summed E-state index contributed by atoms with van der Waals surface area (Å²) in [6.45, 7) is 1.98. The van der Waals surface area contributed by atoms with Crippen molar-refractivity contribution in [1.29, 1.82) is 0 Å². The molecule has 2 aromatic rings. The Morgan fingerprint density at radius 1 is 1.41 bits per heavy atom. The molecule has 0 aliphatic heterocycles. The molecular formula is C11H11BrN2O2S. The Morgan fingerprint density at radius 3 is 2.71 bits per heavy atom. The fourth-order valence-electron chi connectivity index (χ4n) is 1.43. The van der Waals surface area contributed by atoms with Crippen LogP contribution in [0.25, 0.3) is 0 Å². The standard InChI is InChI=1S/C11H11BrN2O2S/c1-6-5-7(17-10(6)12)9(15)8-11(16-2)14-4-3-13-8/h3-5,9,15H,1-2H3. The highest BCUT2D eigenvalue weighted by Crippen LogP contribution is 2.35. The number of hydrogen-bond donors (Lipinski definition) is 1. The third-order valence-electron chi connectivity index (χ3n) is 2.29. The van der Waals surface area contributed by atoms with Gasteiger partial charge in [-0.15, -0.1) is 11.3 Å². The molecule has 1 unspecified atom stereocenters. The fraction of sp³-hybridized carbons (Fsp3) is 0.273. The molecule has 0 saturated heterocycles. The zero-order chi connectivity index (χ0) is 12.4. The number of halogens is 1. The first kappa shape index (κ1) is 12.5. The maximum Gasteiger partial charge on any atom is 0.238 e. The van der Waals surface area contributed by atoms with Gasteiger partial charge in [0.05, 0.1) is 10.9 Å². The molecule has 1 N–H and O–H groups in total. The van der Waals surface area contributed by atoms with E-state index in [1.807, 2.05) is 13.0 Å². The van der Waals surface area contributed by atoms with Crippen LogP contribution in [-0.2, 0) is 0 Å². The first-order chi connectivity index (χ1) is 8.13. The Balaban J connectivity index is 2.39. The first-order valence-corrected chi connectivity index (χ1v) is 6.53. The maximum absolute atomic E-state index is 10.2. The number of aliphatic hydroxyl groups is 1. The van der Waals surface area contributed by atoms with Gasteiger partial charge in [0.25, 0.3) is 0 Å². The van der Waals surface area contributed by atoms with Crippen LogP contribution in [0.15, 0.2) is 22.2 Å². The van der Waals surface area contributed by atoms with Crippen molar-refractivity contribution in [3.05, 3.63) is 38.4 Å². The van der Waals surface area contributed by atoms with E-state index < -0.39 is 6.10 Å². The van der Waals surface area contributed by atoms with Gasteiger partial charge in [-0.1, -0.05) is 0 Å². The minimum Gasteiger partial charge on any atom is -0.480 e. The average Bonchev–Trinajstić information content (AvgIpc) is 2.68. The molecule has 0 fully saturated rings. The molecule has 0 aliphatic rings. The Hall–Kier alpha value is -0.980. The number of methoxy groups -OCH3 is 1. The zero-order valence-corrected chi connectivity index (χ0v) is 11.7. The van der Waals surface area contributed by atoms with Gasteiger partial charge in [-0.3, -0.25) is 4.98 Å². The van der Waals surface area contributed by atoms with Crippen molar-refractivity contribution in [2.24, 2.45) is 0 Å². The molecule has 2 aromatic heterocycles. The van der Waals surface area contributed by atoms with Gasteiger partial charge in [-0.05, 0) is 34.5 Å². The first-order valence-electron chi connectivity index (χ1n) is 4.92. The van der Waals surface area contributed by atoms with Gasteiger partial charge >= 0.3 is 0 Å². The third kappa shape index (κ3) is 2.48. The van der Waals surface area contributed by atoms with Crippen molar-refractivity contribution < 1.29 is 9.84 Å². The predicted octanol–water partition coefficient (Wildman–Crippen LogP) is 2.70. The molecule has 2 rings (SSSR count). The van der Waals surface area contributed by atoms with Gasteiger partial charge in [-0.2, -0.15) is 0 Å². The second-order valence-electron chi connectivity index (χ2n) is 3.46. The van der Waals surface area contributed by atoms with E-state index in [4.69, 9.17) is 4.74 Å². The minimum absolute atomic E-state index is 0.349. The van der Waals surface area contributed by atoms with Gasteiger partial charge < -0.3 is 9.84 Å². The number of aliphatic hydroxyl groups excluding tert-OH is 1. The van der Waals surface area contributed by atoms with Crippen LogP contribution in [-0.4, -0.2) is 22.2 Å². The summed E-state index contributed by atoms with van der Waals surface area (Å²) in [6, 6.07) is 1.92.